The number of aliphatic hydroxyl groups excluding tert-OH is 1. The second-order valence-corrected chi connectivity index (χ2v) is 7.77. The lowest BCUT2D eigenvalue weighted by Gasteiger charge is -2.23. The van der Waals surface area contributed by atoms with E-state index in [4.69, 9.17) is 0 Å². The summed E-state index contributed by atoms with van der Waals surface area (Å²) in [6.45, 7) is 11.4. The molecule has 17 heavy (non-hydrogen) atoms. The molecule has 0 aliphatic carbocycles. The summed E-state index contributed by atoms with van der Waals surface area (Å²) in [7, 11) is 0. The number of hydrogen-bond donors (Lipinski definition) is 1. The van der Waals surface area contributed by atoms with Gasteiger partial charge in [-0.25, -0.2) is 0 Å². The van der Waals surface area contributed by atoms with E-state index in [1.165, 1.54) is 32.1 Å². The lowest BCUT2D eigenvalue weighted by molar-refractivity contribution is 0.247. The van der Waals surface area contributed by atoms with Crippen LogP contribution in [0, 0.1) is 11.3 Å². The molecule has 2 unspecified atom stereocenters. The van der Waals surface area contributed by atoms with Crippen LogP contribution in [0.4, 0.5) is 0 Å². The van der Waals surface area contributed by atoms with E-state index in [9.17, 15) is 5.11 Å². The molecule has 0 radical (unpaired) electrons. The van der Waals surface area contributed by atoms with Gasteiger partial charge < -0.3 is 5.11 Å². The average Bonchev–Trinajstić information content (AvgIpc) is 2.15. The quantitative estimate of drug-likeness (QED) is 0.461. The minimum absolute atomic E-state index is 0.136. The third-order valence-corrected chi connectivity index (χ3v) is 4.03. The highest BCUT2D eigenvalue weighted by atomic mass is 32.2. The molecule has 0 aliphatic rings. The summed E-state index contributed by atoms with van der Waals surface area (Å²) in [6.07, 6.45) is 7.12. The molecule has 0 amide bonds. The molecule has 0 aromatic rings. The predicted octanol–water partition coefficient (Wildman–Crippen LogP) is 5.08. The standard InChI is InChI=1S/C15H32OS/c1-6-7-8-9-14(16)17-11-10-13(2)12-15(3,4)5/h13-14,16H,6-12H2,1-5H3. The molecule has 0 aliphatic heterocycles. The number of hydrogen-bond acceptors (Lipinski definition) is 2. The van der Waals surface area contributed by atoms with E-state index in [2.05, 4.69) is 34.6 Å². The number of aliphatic hydroxyl groups is 1. The van der Waals surface area contributed by atoms with Crippen molar-refractivity contribution in [2.24, 2.45) is 11.3 Å². The SMILES string of the molecule is CCCCCC(O)SCCC(C)CC(C)(C)C. The van der Waals surface area contributed by atoms with Gasteiger partial charge in [0, 0.05) is 0 Å². The van der Waals surface area contributed by atoms with E-state index in [0.29, 0.717) is 5.41 Å². The Labute approximate surface area is 113 Å². The van der Waals surface area contributed by atoms with Crippen LogP contribution in [0.3, 0.4) is 0 Å². The Morgan fingerprint density at radius 2 is 1.76 bits per heavy atom. The first-order chi connectivity index (χ1) is 7.85. The Hall–Kier alpha value is 0.310. The Balaban J connectivity index is 3.49. The molecule has 104 valence electrons. The van der Waals surface area contributed by atoms with Crippen molar-refractivity contribution in [1.29, 1.82) is 0 Å². The summed E-state index contributed by atoms with van der Waals surface area (Å²) in [4.78, 5) is 0. The Morgan fingerprint density at radius 1 is 1.12 bits per heavy atom. The molecule has 0 heterocycles. The fraction of sp³-hybridized carbons (Fsp3) is 1.00. The largest absolute Gasteiger partial charge is 0.382 e. The predicted molar refractivity (Wildman–Crippen MR) is 80.5 cm³/mol. The van der Waals surface area contributed by atoms with Crippen molar-refractivity contribution < 1.29 is 5.11 Å². The van der Waals surface area contributed by atoms with Crippen LogP contribution in [0.15, 0.2) is 0 Å². The van der Waals surface area contributed by atoms with Gasteiger partial charge in [-0.05, 0) is 36.3 Å². The third kappa shape index (κ3) is 12.6. The molecule has 1 nitrogen and oxygen atoms in total. The summed E-state index contributed by atoms with van der Waals surface area (Å²) < 4.78 is 0. The van der Waals surface area contributed by atoms with E-state index >= 15 is 0 Å². The molecule has 0 bridgehead atoms. The van der Waals surface area contributed by atoms with Crippen molar-refractivity contribution >= 4 is 11.8 Å². The minimum Gasteiger partial charge on any atom is -0.382 e. The normalized spacial score (nSPS) is 15.9. The summed E-state index contributed by atoms with van der Waals surface area (Å²) in [5.74, 6) is 1.87. The van der Waals surface area contributed by atoms with E-state index < -0.39 is 0 Å². The molecule has 0 aromatic heterocycles. The minimum atomic E-state index is -0.136. The molecule has 0 rings (SSSR count). The zero-order valence-electron chi connectivity index (χ0n) is 12.5. The maximum absolute atomic E-state index is 9.78. The van der Waals surface area contributed by atoms with Crippen molar-refractivity contribution in [2.45, 2.75) is 78.6 Å². The lowest BCUT2D eigenvalue weighted by atomic mass is 9.84. The fourth-order valence-electron chi connectivity index (χ4n) is 2.21. The van der Waals surface area contributed by atoms with Gasteiger partial charge >= 0.3 is 0 Å². The van der Waals surface area contributed by atoms with E-state index in [1.54, 1.807) is 11.8 Å². The van der Waals surface area contributed by atoms with Gasteiger partial charge in [-0.3, -0.25) is 0 Å². The lowest BCUT2D eigenvalue weighted by Crippen LogP contribution is -2.12. The average molecular weight is 260 g/mol. The maximum Gasteiger partial charge on any atom is 0.0992 e. The molecular weight excluding hydrogens is 228 g/mol. The molecule has 1 N–H and O–H groups in total. The van der Waals surface area contributed by atoms with Crippen molar-refractivity contribution in [2.75, 3.05) is 5.75 Å². The molecule has 0 spiro atoms. The highest BCUT2D eigenvalue weighted by Gasteiger charge is 2.15. The van der Waals surface area contributed by atoms with Gasteiger partial charge in [-0.2, -0.15) is 0 Å². The summed E-state index contributed by atoms with van der Waals surface area (Å²) >= 11 is 1.74. The van der Waals surface area contributed by atoms with Gasteiger partial charge in [0.2, 0.25) is 0 Å². The van der Waals surface area contributed by atoms with Crippen LogP contribution in [0.1, 0.15) is 73.1 Å². The molecule has 2 atom stereocenters. The van der Waals surface area contributed by atoms with Gasteiger partial charge in [0.25, 0.3) is 0 Å². The topological polar surface area (TPSA) is 20.2 Å². The van der Waals surface area contributed by atoms with Gasteiger partial charge in [0.05, 0.1) is 5.44 Å². The maximum atomic E-state index is 9.78. The first kappa shape index (κ1) is 17.3. The van der Waals surface area contributed by atoms with Crippen molar-refractivity contribution in [1.82, 2.24) is 0 Å². The van der Waals surface area contributed by atoms with Crippen molar-refractivity contribution in [3.8, 4) is 0 Å². The first-order valence-electron chi connectivity index (χ1n) is 7.15. The van der Waals surface area contributed by atoms with Crippen molar-refractivity contribution in [3.63, 3.8) is 0 Å². The van der Waals surface area contributed by atoms with Gasteiger partial charge in [-0.15, -0.1) is 11.8 Å². The van der Waals surface area contributed by atoms with Crippen LogP contribution in [0.25, 0.3) is 0 Å². The Morgan fingerprint density at radius 3 is 2.29 bits per heavy atom. The van der Waals surface area contributed by atoms with Crippen LogP contribution in [0.5, 0.6) is 0 Å². The number of rotatable bonds is 9. The monoisotopic (exact) mass is 260 g/mol. The van der Waals surface area contributed by atoms with Gasteiger partial charge in [-0.1, -0.05) is 53.9 Å². The van der Waals surface area contributed by atoms with Crippen LogP contribution >= 0.6 is 11.8 Å². The van der Waals surface area contributed by atoms with Crippen LogP contribution in [-0.4, -0.2) is 16.3 Å². The second-order valence-electron chi connectivity index (χ2n) is 6.48. The van der Waals surface area contributed by atoms with Crippen molar-refractivity contribution in [3.05, 3.63) is 0 Å². The molecule has 0 saturated heterocycles. The third-order valence-electron chi connectivity index (χ3n) is 2.94. The zero-order valence-corrected chi connectivity index (χ0v) is 13.3. The highest BCUT2D eigenvalue weighted by Crippen LogP contribution is 2.27. The van der Waals surface area contributed by atoms with E-state index in [0.717, 1.165) is 18.1 Å². The zero-order chi connectivity index (χ0) is 13.3. The van der Waals surface area contributed by atoms with Crippen LogP contribution in [-0.2, 0) is 0 Å². The van der Waals surface area contributed by atoms with E-state index in [-0.39, 0.29) is 5.44 Å². The molecule has 0 aromatic carbocycles. The Bertz CT molecular complexity index is 174. The smallest absolute Gasteiger partial charge is 0.0992 e. The van der Waals surface area contributed by atoms with E-state index in [1.807, 2.05) is 0 Å². The number of thioether (sulfide) groups is 1. The first-order valence-corrected chi connectivity index (χ1v) is 8.19. The second kappa shape index (κ2) is 9.27. The number of unbranched alkanes of at least 4 members (excludes halogenated alkanes) is 2. The van der Waals surface area contributed by atoms with Crippen LogP contribution < -0.4 is 0 Å². The fourth-order valence-corrected chi connectivity index (χ4v) is 3.35. The van der Waals surface area contributed by atoms with Crippen LogP contribution in [0.2, 0.25) is 0 Å². The molecule has 2 heteroatoms. The summed E-state index contributed by atoms with van der Waals surface area (Å²) in [5.41, 5.74) is 0.299. The molecule has 0 saturated carbocycles. The summed E-state index contributed by atoms with van der Waals surface area (Å²) in [6, 6.07) is 0. The van der Waals surface area contributed by atoms with Gasteiger partial charge in [0.1, 0.15) is 0 Å². The summed E-state index contributed by atoms with van der Waals surface area (Å²) in [5, 5.41) is 9.78. The highest BCUT2D eigenvalue weighted by molar-refractivity contribution is 7.99. The van der Waals surface area contributed by atoms with Gasteiger partial charge in [0.15, 0.2) is 0 Å². The Kier molecular flexibility index (Phi) is 9.44. The molecular formula is C15H32OS. The molecule has 0 fully saturated rings.